The van der Waals surface area contributed by atoms with Crippen LogP contribution in [0.3, 0.4) is 0 Å². The molecule has 1 aliphatic carbocycles. The van der Waals surface area contributed by atoms with Gasteiger partial charge in [-0.05, 0) is 60.2 Å². The van der Waals surface area contributed by atoms with E-state index in [4.69, 9.17) is 5.73 Å². The number of amides is 1. The van der Waals surface area contributed by atoms with Crippen LogP contribution >= 0.6 is 11.3 Å². The first-order valence-corrected chi connectivity index (χ1v) is 10.3. The van der Waals surface area contributed by atoms with Crippen molar-refractivity contribution in [1.82, 2.24) is 10.3 Å². The van der Waals surface area contributed by atoms with Crippen molar-refractivity contribution in [1.29, 1.82) is 0 Å². The van der Waals surface area contributed by atoms with E-state index >= 15 is 0 Å². The maximum absolute atomic E-state index is 13.0. The van der Waals surface area contributed by atoms with Gasteiger partial charge in [0.1, 0.15) is 5.82 Å². The van der Waals surface area contributed by atoms with Crippen LogP contribution in [0.15, 0.2) is 47.8 Å². The van der Waals surface area contributed by atoms with E-state index in [1.807, 2.05) is 23.6 Å². The zero-order chi connectivity index (χ0) is 19.5. The molecule has 28 heavy (non-hydrogen) atoms. The molecule has 0 radical (unpaired) electrons. The van der Waals surface area contributed by atoms with Crippen LogP contribution in [0.1, 0.15) is 46.3 Å². The van der Waals surface area contributed by atoms with Crippen LogP contribution in [0.4, 0.5) is 10.1 Å². The molecular formula is C22H22FN3OS. The molecule has 1 amide bonds. The number of rotatable bonds is 5. The van der Waals surface area contributed by atoms with Gasteiger partial charge < -0.3 is 11.1 Å². The molecule has 2 aromatic carbocycles. The molecule has 0 spiro atoms. The smallest absolute Gasteiger partial charge is 0.226 e. The highest BCUT2D eigenvalue weighted by Gasteiger charge is 2.22. The second-order valence-corrected chi connectivity index (χ2v) is 8.13. The van der Waals surface area contributed by atoms with Crippen molar-refractivity contribution in [2.45, 2.75) is 38.1 Å². The third-order valence-corrected chi connectivity index (χ3v) is 5.92. The zero-order valence-corrected chi connectivity index (χ0v) is 16.3. The Bertz CT molecular complexity index is 984. The third kappa shape index (κ3) is 4.39. The van der Waals surface area contributed by atoms with Crippen LogP contribution in [0.5, 0.6) is 0 Å². The fourth-order valence-corrected chi connectivity index (χ4v) is 4.51. The maximum Gasteiger partial charge on any atom is 0.226 e. The van der Waals surface area contributed by atoms with Crippen molar-refractivity contribution < 1.29 is 9.18 Å². The fraction of sp³-hybridized carbons (Fsp3) is 0.273. The van der Waals surface area contributed by atoms with Crippen molar-refractivity contribution in [3.05, 3.63) is 81.1 Å². The lowest BCUT2D eigenvalue weighted by Gasteiger charge is -2.26. The topological polar surface area (TPSA) is 68.0 Å². The normalized spacial score (nSPS) is 15.8. The van der Waals surface area contributed by atoms with E-state index in [1.165, 1.54) is 34.6 Å². The van der Waals surface area contributed by atoms with E-state index in [0.717, 1.165) is 41.2 Å². The number of carbonyl (C=O) groups is 1. The van der Waals surface area contributed by atoms with Gasteiger partial charge in [0.05, 0.1) is 23.2 Å². The van der Waals surface area contributed by atoms with E-state index in [2.05, 4.69) is 10.3 Å². The van der Waals surface area contributed by atoms with Gasteiger partial charge in [-0.3, -0.25) is 4.79 Å². The summed E-state index contributed by atoms with van der Waals surface area (Å²) in [6, 6.07) is 12.4. The van der Waals surface area contributed by atoms with Gasteiger partial charge in [-0.25, -0.2) is 9.37 Å². The van der Waals surface area contributed by atoms with Crippen LogP contribution in [0.25, 0.3) is 0 Å². The van der Waals surface area contributed by atoms with Crippen LogP contribution in [0.2, 0.25) is 0 Å². The van der Waals surface area contributed by atoms with Gasteiger partial charge in [0.25, 0.3) is 0 Å². The summed E-state index contributed by atoms with van der Waals surface area (Å²) < 4.78 is 13.0. The number of nitrogens with one attached hydrogen (secondary N) is 1. The van der Waals surface area contributed by atoms with Gasteiger partial charge in [0.2, 0.25) is 5.91 Å². The van der Waals surface area contributed by atoms with E-state index < -0.39 is 0 Å². The molecule has 4 rings (SSSR count). The molecule has 144 valence electrons. The first kappa shape index (κ1) is 18.6. The average molecular weight is 396 g/mol. The number of fused-ring (bicyclic) bond motifs is 1. The lowest BCUT2D eigenvalue weighted by atomic mass is 9.87. The van der Waals surface area contributed by atoms with Crippen LogP contribution in [-0.4, -0.2) is 10.9 Å². The molecule has 1 aromatic heterocycles. The first-order chi connectivity index (χ1) is 13.6. The summed E-state index contributed by atoms with van der Waals surface area (Å²) >= 11 is 1.53. The summed E-state index contributed by atoms with van der Waals surface area (Å²) in [7, 11) is 0. The van der Waals surface area contributed by atoms with Gasteiger partial charge in [-0.2, -0.15) is 0 Å². The number of benzene rings is 2. The molecule has 1 aliphatic rings. The van der Waals surface area contributed by atoms with Gasteiger partial charge in [0.15, 0.2) is 0 Å². The predicted octanol–water partition coefficient (Wildman–Crippen LogP) is 4.19. The number of carbonyl (C=O) groups excluding carboxylic acids is 1. The molecule has 0 bridgehead atoms. The Balaban J connectivity index is 1.37. The number of nitrogen functional groups attached to an aromatic ring is 1. The summed E-state index contributed by atoms with van der Waals surface area (Å²) in [4.78, 5) is 17.1. The lowest BCUT2D eigenvalue weighted by Crippen LogP contribution is -2.32. The summed E-state index contributed by atoms with van der Waals surface area (Å²) in [5.74, 6) is -0.263. The number of hydrogen-bond acceptors (Lipinski definition) is 4. The number of halogens is 1. The Labute approximate surface area is 167 Å². The second kappa shape index (κ2) is 8.10. The minimum Gasteiger partial charge on any atom is -0.399 e. The molecule has 1 unspecified atom stereocenters. The van der Waals surface area contributed by atoms with E-state index in [1.54, 1.807) is 12.1 Å². The van der Waals surface area contributed by atoms with Gasteiger partial charge in [0, 0.05) is 17.5 Å². The zero-order valence-electron chi connectivity index (χ0n) is 15.5. The van der Waals surface area contributed by atoms with Gasteiger partial charge in [-0.15, -0.1) is 11.3 Å². The van der Waals surface area contributed by atoms with Crippen LogP contribution < -0.4 is 11.1 Å². The summed E-state index contributed by atoms with van der Waals surface area (Å²) in [5, 5.41) is 6.00. The molecule has 3 aromatic rings. The summed E-state index contributed by atoms with van der Waals surface area (Å²) in [6.07, 6.45) is 3.89. The standard InChI is InChI=1S/C22H22FN3OS/c23-16-6-4-14(5-7-16)10-22-25-18(13-28-22)12-21(27)26-20-3-1-2-15-11-17(24)8-9-19(15)20/h4-9,11,13,20H,1-3,10,12,24H2,(H,26,27). The monoisotopic (exact) mass is 395 g/mol. The Kier molecular flexibility index (Phi) is 5.39. The summed E-state index contributed by atoms with van der Waals surface area (Å²) in [5.41, 5.74) is 10.8. The first-order valence-electron chi connectivity index (χ1n) is 9.42. The molecule has 4 nitrogen and oxygen atoms in total. The van der Waals surface area contributed by atoms with E-state index in [-0.39, 0.29) is 24.2 Å². The molecule has 1 atom stereocenters. The highest BCUT2D eigenvalue weighted by Crippen LogP contribution is 2.31. The predicted molar refractivity (Wildman–Crippen MR) is 110 cm³/mol. The van der Waals surface area contributed by atoms with E-state index in [0.29, 0.717) is 6.42 Å². The number of aromatic nitrogens is 1. The van der Waals surface area contributed by atoms with Crippen molar-refractivity contribution in [2.75, 3.05) is 5.73 Å². The second-order valence-electron chi connectivity index (χ2n) is 7.18. The minimum absolute atomic E-state index is 0.0201. The molecule has 0 saturated heterocycles. The average Bonchev–Trinajstić information content (AvgIpc) is 3.10. The molecule has 0 fully saturated rings. The van der Waals surface area contributed by atoms with Crippen molar-refractivity contribution >= 4 is 22.9 Å². The highest BCUT2D eigenvalue weighted by atomic mass is 32.1. The summed E-state index contributed by atoms with van der Waals surface area (Å²) in [6.45, 7) is 0. The quantitative estimate of drug-likeness (QED) is 0.637. The number of nitrogens with two attached hydrogens (primary N) is 1. The highest BCUT2D eigenvalue weighted by molar-refractivity contribution is 7.09. The van der Waals surface area contributed by atoms with Crippen molar-refractivity contribution in [3.63, 3.8) is 0 Å². The Morgan fingerprint density at radius 1 is 1.25 bits per heavy atom. The van der Waals surface area contributed by atoms with E-state index in [9.17, 15) is 9.18 Å². The number of anilines is 1. The number of thiazole rings is 1. The maximum atomic E-state index is 13.0. The molecule has 0 aliphatic heterocycles. The number of aryl methyl sites for hydroxylation is 1. The SMILES string of the molecule is Nc1ccc2c(c1)CCCC2NC(=O)Cc1csc(Cc2ccc(F)cc2)n1. The Morgan fingerprint density at radius 3 is 2.89 bits per heavy atom. The Morgan fingerprint density at radius 2 is 2.07 bits per heavy atom. The minimum atomic E-state index is -0.243. The molecule has 0 saturated carbocycles. The molecule has 6 heteroatoms. The lowest BCUT2D eigenvalue weighted by molar-refractivity contribution is -0.121. The molecular weight excluding hydrogens is 373 g/mol. The molecule has 1 heterocycles. The Hall–Kier alpha value is -2.73. The van der Waals surface area contributed by atoms with Crippen LogP contribution in [0, 0.1) is 5.82 Å². The number of hydrogen-bond donors (Lipinski definition) is 2. The van der Waals surface area contributed by atoms with Crippen molar-refractivity contribution in [3.8, 4) is 0 Å². The van der Waals surface area contributed by atoms with Crippen molar-refractivity contribution in [2.24, 2.45) is 0 Å². The fourth-order valence-electron chi connectivity index (χ4n) is 3.68. The third-order valence-electron chi connectivity index (χ3n) is 5.03. The largest absolute Gasteiger partial charge is 0.399 e. The van der Waals surface area contributed by atoms with Gasteiger partial charge in [-0.1, -0.05) is 18.2 Å². The van der Waals surface area contributed by atoms with Crippen LogP contribution in [-0.2, 0) is 24.1 Å². The van der Waals surface area contributed by atoms with Gasteiger partial charge >= 0.3 is 0 Å². The number of nitrogens with zero attached hydrogens (tertiary/aromatic N) is 1. The molecule has 3 N–H and O–H groups in total.